The number of nitrogens with one attached hydrogen (secondary N) is 1. The third-order valence-corrected chi connectivity index (χ3v) is 4.21. The van der Waals surface area contributed by atoms with E-state index in [9.17, 15) is 9.59 Å². The van der Waals surface area contributed by atoms with Gasteiger partial charge in [-0.05, 0) is 39.0 Å². The van der Waals surface area contributed by atoms with Gasteiger partial charge in [0.1, 0.15) is 0 Å². The zero-order valence-corrected chi connectivity index (χ0v) is 10.9. The van der Waals surface area contributed by atoms with E-state index in [1.165, 1.54) is 6.42 Å². The SMILES string of the molecule is CC1CCCCN1C(=O)NC1CCCC1C(=O)O. The van der Waals surface area contributed by atoms with E-state index in [2.05, 4.69) is 12.2 Å². The van der Waals surface area contributed by atoms with Gasteiger partial charge in [-0.3, -0.25) is 4.79 Å². The van der Waals surface area contributed by atoms with Crippen LogP contribution in [0, 0.1) is 5.92 Å². The van der Waals surface area contributed by atoms with Crippen LogP contribution in [0.1, 0.15) is 45.4 Å². The Bertz CT molecular complexity index is 332. The number of nitrogens with zero attached hydrogens (tertiary/aromatic N) is 1. The van der Waals surface area contributed by atoms with Gasteiger partial charge in [-0.1, -0.05) is 6.42 Å². The van der Waals surface area contributed by atoms with Crippen molar-refractivity contribution in [1.82, 2.24) is 10.2 Å². The molecule has 0 spiro atoms. The molecule has 2 aliphatic rings. The van der Waals surface area contributed by atoms with E-state index in [4.69, 9.17) is 5.11 Å². The van der Waals surface area contributed by atoms with Gasteiger partial charge in [-0.25, -0.2) is 4.79 Å². The molecular weight excluding hydrogens is 232 g/mol. The molecule has 0 aromatic carbocycles. The first-order valence-corrected chi connectivity index (χ1v) is 6.89. The van der Waals surface area contributed by atoms with Gasteiger partial charge < -0.3 is 15.3 Å². The molecule has 2 amide bonds. The van der Waals surface area contributed by atoms with E-state index in [-0.39, 0.29) is 18.1 Å². The summed E-state index contributed by atoms with van der Waals surface area (Å²) in [5.74, 6) is -1.20. The number of carbonyl (C=O) groups is 2. The Morgan fingerprint density at radius 1 is 1.17 bits per heavy atom. The maximum absolute atomic E-state index is 12.2. The Hall–Kier alpha value is -1.26. The van der Waals surface area contributed by atoms with Crippen molar-refractivity contribution in [1.29, 1.82) is 0 Å². The average Bonchev–Trinajstić information content (AvgIpc) is 2.77. The molecular formula is C13H22N2O3. The Morgan fingerprint density at radius 2 is 1.94 bits per heavy atom. The molecule has 1 saturated carbocycles. The minimum absolute atomic E-state index is 0.0830. The summed E-state index contributed by atoms with van der Waals surface area (Å²) in [6.45, 7) is 2.85. The zero-order valence-electron chi connectivity index (χ0n) is 10.9. The normalized spacial score (nSPS) is 32.3. The number of likely N-dealkylation sites (tertiary alicyclic amines) is 1. The lowest BCUT2D eigenvalue weighted by atomic mass is 10.0. The van der Waals surface area contributed by atoms with Crippen LogP contribution in [0.15, 0.2) is 0 Å². The van der Waals surface area contributed by atoms with Crippen LogP contribution in [0.3, 0.4) is 0 Å². The van der Waals surface area contributed by atoms with Gasteiger partial charge in [0.15, 0.2) is 0 Å². The Labute approximate surface area is 108 Å². The number of piperidine rings is 1. The van der Waals surface area contributed by atoms with Gasteiger partial charge in [0, 0.05) is 18.6 Å². The fraction of sp³-hybridized carbons (Fsp3) is 0.846. The van der Waals surface area contributed by atoms with Crippen molar-refractivity contribution < 1.29 is 14.7 Å². The predicted molar refractivity (Wildman–Crippen MR) is 67.3 cm³/mol. The summed E-state index contributed by atoms with van der Waals surface area (Å²) in [6.07, 6.45) is 5.61. The molecule has 3 atom stereocenters. The van der Waals surface area contributed by atoms with E-state index in [1.54, 1.807) is 0 Å². The first-order valence-electron chi connectivity index (χ1n) is 6.89. The molecule has 0 bridgehead atoms. The predicted octanol–water partition coefficient (Wildman–Crippen LogP) is 1.82. The van der Waals surface area contributed by atoms with Gasteiger partial charge >= 0.3 is 12.0 Å². The maximum atomic E-state index is 12.2. The quantitative estimate of drug-likeness (QED) is 0.789. The average molecular weight is 254 g/mol. The number of carbonyl (C=O) groups excluding carboxylic acids is 1. The number of carboxylic acid groups (broad SMARTS) is 1. The molecule has 0 aromatic rings. The summed E-state index contributed by atoms with van der Waals surface area (Å²) < 4.78 is 0. The van der Waals surface area contributed by atoms with Crippen molar-refractivity contribution in [3.05, 3.63) is 0 Å². The molecule has 2 fully saturated rings. The molecule has 1 heterocycles. The molecule has 5 nitrogen and oxygen atoms in total. The minimum atomic E-state index is -0.788. The molecule has 1 saturated heterocycles. The molecule has 1 aliphatic heterocycles. The Balaban J connectivity index is 1.92. The lowest BCUT2D eigenvalue weighted by molar-refractivity contribution is -0.142. The van der Waals surface area contributed by atoms with Crippen molar-refractivity contribution in [2.75, 3.05) is 6.54 Å². The standard InChI is InChI=1S/C13H22N2O3/c1-9-5-2-3-8-15(9)13(18)14-11-7-4-6-10(11)12(16)17/h9-11H,2-8H2,1H3,(H,14,18)(H,16,17). The third-order valence-electron chi connectivity index (χ3n) is 4.21. The molecule has 18 heavy (non-hydrogen) atoms. The highest BCUT2D eigenvalue weighted by Gasteiger charge is 2.35. The molecule has 3 unspecified atom stereocenters. The molecule has 1 aliphatic carbocycles. The summed E-state index contributed by atoms with van der Waals surface area (Å²) >= 11 is 0. The third kappa shape index (κ3) is 2.76. The fourth-order valence-electron chi connectivity index (χ4n) is 3.07. The summed E-state index contributed by atoms with van der Waals surface area (Å²) in [7, 11) is 0. The number of urea groups is 1. The lowest BCUT2D eigenvalue weighted by Crippen LogP contribution is -2.51. The summed E-state index contributed by atoms with van der Waals surface area (Å²) in [4.78, 5) is 25.1. The largest absolute Gasteiger partial charge is 0.481 e. The first kappa shape index (κ1) is 13.2. The van der Waals surface area contributed by atoms with Crippen LogP contribution in [0.2, 0.25) is 0 Å². The van der Waals surface area contributed by atoms with E-state index in [1.807, 2.05) is 4.90 Å². The molecule has 0 radical (unpaired) electrons. The summed E-state index contributed by atoms with van der Waals surface area (Å²) in [5.41, 5.74) is 0. The van der Waals surface area contributed by atoms with E-state index >= 15 is 0 Å². The summed E-state index contributed by atoms with van der Waals surface area (Å²) in [6, 6.07) is -0.00657. The monoisotopic (exact) mass is 254 g/mol. The van der Waals surface area contributed by atoms with E-state index in [0.717, 1.165) is 32.2 Å². The second-order valence-electron chi connectivity index (χ2n) is 5.47. The Kier molecular flexibility index (Phi) is 4.09. The van der Waals surface area contributed by atoms with Crippen molar-refractivity contribution >= 4 is 12.0 Å². The smallest absolute Gasteiger partial charge is 0.317 e. The van der Waals surface area contributed by atoms with Crippen LogP contribution in [0.5, 0.6) is 0 Å². The number of aliphatic carboxylic acids is 1. The van der Waals surface area contributed by atoms with Crippen LogP contribution in [0.4, 0.5) is 4.79 Å². The lowest BCUT2D eigenvalue weighted by Gasteiger charge is -2.34. The van der Waals surface area contributed by atoms with Crippen molar-refractivity contribution in [2.45, 2.75) is 57.5 Å². The maximum Gasteiger partial charge on any atom is 0.317 e. The second kappa shape index (κ2) is 5.59. The van der Waals surface area contributed by atoms with Crippen molar-refractivity contribution in [3.63, 3.8) is 0 Å². The van der Waals surface area contributed by atoms with Gasteiger partial charge in [0.05, 0.1) is 5.92 Å². The van der Waals surface area contributed by atoms with Crippen molar-refractivity contribution in [3.8, 4) is 0 Å². The number of carboxylic acids is 1. The van der Waals surface area contributed by atoms with Crippen LogP contribution >= 0.6 is 0 Å². The molecule has 2 N–H and O–H groups in total. The van der Waals surface area contributed by atoms with Crippen LogP contribution < -0.4 is 5.32 Å². The number of amides is 2. The van der Waals surface area contributed by atoms with Crippen LogP contribution in [-0.4, -0.2) is 40.6 Å². The van der Waals surface area contributed by atoms with Crippen molar-refractivity contribution in [2.24, 2.45) is 5.92 Å². The molecule has 102 valence electrons. The topological polar surface area (TPSA) is 69.6 Å². The van der Waals surface area contributed by atoms with E-state index < -0.39 is 11.9 Å². The highest BCUT2D eigenvalue weighted by Crippen LogP contribution is 2.26. The molecule has 0 aromatic heterocycles. The Morgan fingerprint density at radius 3 is 2.61 bits per heavy atom. The second-order valence-corrected chi connectivity index (χ2v) is 5.47. The fourth-order valence-corrected chi connectivity index (χ4v) is 3.07. The zero-order chi connectivity index (χ0) is 13.1. The number of hydrogen-bond acceptors (Lipinski definition) is 2. The summed E-state index contributed by atoms with van der Waals surface area (Å²) in [5, 5.41) is 12.0. The minimum Gasteiger partial charge on any atom is -0.481 e. The van der Waals surface area contributed by atoms with Gasteiger partial charge in [0.2, 0.25) is 0 Å². The highest BCUT2D eigenvalue weighted by molar-refractivity contribution is 5.77. The van der Waals surface area contributed by atoms with Gasteiger partial charge in [0.25, 0.3) is 0 Å². The number of hydrogen-bond donors (Lipinski definition) is 2. The highest BCUT2D eigenvalue weighted by atomic mass is 16.4. The van der Waals surface area contributed by atoms with Gasteiger partial charge in [-0.15, -0.1) is 0 Å². The van der Waals surface area contributed by atoms with Gasteiger partial charge in [-0.2, -0.15) is 0 Å². The first-order chi connectivity index (χ1) is 8.59. The van der Waals surface area contributed by atoms with E-state index in [0.29, 0.717) is 6.42 Å². The van der Waals surface area contributed by atoms with Crippen LogP contribution in [0.25, 0.3) is 0 Å². The molecule has 2 rings (SSSR count). The molecule has 5 heteroatoms. The van der Waals surface area contributed by atoms with Crippen LogP contribution in [-0.2, 0) is 4.79 Å². The number of rotatable bonds is 2.